The lowest BCUT2D eigenvalue weighted by atomic mass is 9.98. The third-order valence-electron chi connectivity index (χ3n) is 2.37. The Hall–Kier alpha value is -1.84. The molecule has 0 saturated heterocycles. The summed E-state index contributed by atoms with van der Waals surface area (Å²) in [6, 6.07) is 4.86. The van der Waals surface area contributed by atoms with Crippen LogP contribution in [-0.2, 0) is 14.0 Å². The van der Waals surface area contributed by atoms with E-state index in [9.17, 15) is 9.90 Å². The number of methoxy groups -OCH3 is 1. The van der Waals surface area contributed by atoms with Gasteiger partial charge in [-0.3, -0.25) is 4.79 Å². The van der Waals surface area contributed by atoms with E-state index in [0.29, 0.717) is 5.75 Å². The molecular formula is C11H11O4+. The average Bonchev–Trinajstić information content (AvgIpc) is 2.60. The number of phenolic OH excluding ortho intramolecular Hbond substituents is 1. The van der Waals surface area contributed by atoms with Crippen molar-refractivity contribution >= 4 is 12.3 Å². The molecule has 4 heteroatoms. The molecule has 0 bridgehead atoms. The smallest absolute Gasteiger partial charge is 0.359 e. The second-order valence-corrected chi connectivity index (χ2v) is 3.36. The molecule has 0 fully saturated rings. The predicted molar refractivity (Wildman–Crippen MR) is 53.0 cm³/mol. The molecule has 1 N–H and O–H groups in total. The van der Waals surface area contributed by atoms with Gasteiger partial charge in [-0.05, 0) is 12.1 Å². The molecule has 0 aliphatic carbocycles. The standard InChI is InChI=1S/C11H10O4/c1-14-11(13)4-7-6-15-10-5-8(12)2-3-9(7)10/h2-3,5-7H,4H2,1H3/p+1/t7-/m1/s1. The Bertz CT molecular complexity index is 423. The number of carbonyl (C=O) groups excluding carboxylic acids is 2. The van der Waals surface area contributed by atoms with Crippen LogP contribution in [0.4, 0.5) is 0 Å². The SMILES string of the molecule is COC(=O)C[C@@H]1C=[O+]c2cc(O)ccc21. The monoisotopic (exact) mass is 207 g/mol. The summed E-state index contributed by atoms with van der Waals surface area (Å²) in [5.41, 5.74) is 0.901. The van der Waals surface area contributed by atoms with Crippen molar-refractivity contribution in [1.82, 2.24) is 0 Å². The molecule has 4 nitrogen and oxygen atoms in total. The summed E-state index contributed by atoms with van der Waals surface area (Å²) >= 11 is 0. The fourth-order valence-corrected chi connectivity index (χ4v) is 1.58. The minimum absolute atomic E-state index is 0.0898. The van der Waals surface area contributed by atoms with E-state index in [2.05, 4.69) is 4.74 Å². The molecular weight excluding hydrogens is 196 g/mol. The third kappa shape index (κ3) is 1.83. The molecule has 0 spiro atoms. The van der Waals surface area contributed by atoms with Crippen molar-refractivity contribution in [2.45, 2.75) is 12.3 Å². The van der Waals surface area contributed by atoms with Crippen LogP contribution in [0.15, 0.2) is 18.2 Å². The molecule has 1 heterocycles. The number of benzene rings is 1. The number of rotatable bonds is 2. The van der Waals surface area contributed by atoms with Gasteiger partial charge in [-0.25, -0.2) is 4.42 Å². The maximum atomic E-state index is 11.1. The van der Waals surface area contributed by atoms with Gasteiger partial charge in [-0.15, -0.1) is 0 Å². The molecule has 15 heavy (non-hydrogen) atoms. The van der Waals surface area contributed by atoms with Gasteiger partial charge < -0.3 is 9.84 Å². The largest absolute Gasteiger partial charge is 0.508 e. The van der Waals surface area contributed by atoms with Gasteiger partial charge in [-0.2, -0.15) is 0 Å². The van der Waals surface area contributed by atoms with Crippen LogP contribution in [0.2, 0.25) is 0 Å². The van der Waals surface area contributed by atoms with E-state index >= 15 is 0 Å². The maximum absolute atomic E-state index is 11.1. The Labute approximate surface area is 86.8 Å². The van der Waals surface area contributed by atoms with Crippen molar-refractivity contribution in [3.63, 3.8) is 0 Å². The first kappa shape index (κ1) is 9.71. The first-order valence-corrected chi connectivity index (χ1v) is 4.60. The summed E-state index contributed by atoms with van der Waals surface area (Å²) in [6.45, 7) is 0. The number of hydrogen-bond donors (Lipinski definition) is 1. The topological polar surface area (TPSA) is 57.8 Å². The van der Waals surface area contributed by atoms with Crippen LogP contribution in [0.25, 0.3) is 0 Å². The number of fused-ring (bicyclic) bond motifs is 1. The molecule has 2 rings (SSSR count). The van der Waals surface area contributed by atoms with E-state index < -0.39 is 0 Å². The summed E-state index contributed by atoms with van der Waals surface area (Å²) in [4.78, 5) is 11.1. The number of aromatic hydroxyl groups is 1. The van der Waals surface area contributed by atoms with E-state index in [0.717, 1.165) is 5.56 Å². The summed E-state index contributed by atoms with van der Waals surface area (Å²) in [7, 11) is 1.36. The van der Waals surface area contributed by atoms with Crippen molar-refractivity contribution in [2.24, 2.45) is 0 Å². The third-order valence-corrected chi connectivity index (χ3v) is 2.37. The number of esters is 1. The minimum Gasteiger partial charge on any atom is -0.508 e. The van der Waals surface area contributed by atoms with Crippen LogP contribution in [-0.4, -0.2) is 24.5 Å². The lowest BCUT2D eigenvalue weighted by molar-refractivity contribution is -0.356. The van der Waals surface area contributed by atoms with Gasteiger partial charge in [0.2, 0.25) is 0 Å². The zero-order valence-electron chi connectivity index (χ0n) is 8.27. The Balaban J connectivity index is 2.22. The summed E-state index contributed by atoms with van der Waals surface area (Å²) in [5, 5.41) is 9.23. The van der Waals surface area contributed by atoms with Crippen molar-refractivity contribution in [1.29, 1.82) is 0 Å². The Morgan fingerprint density at radius 1 is 1.60 bits per heavy atom. The molecule has 1 aromatic carbocycles. The van der Waals surface area contributed by atoms with Gasteiger partial charge in [0.1, 0.15) is 11.7 Å². The molecule has 0 radical (unpaired) electrons. The number of aldehydes is 1. The molecule has 0 unspecified atom stereocenters. The van der Waals surface area contributed by atoms with Gasteiger partial charge in [0.05, 0.1) is 25.2 Å². The number of hydrogen-bond acceptors (Lipinski definition) is 3. The Morgan fingerprint density at radius 2 is 2.40 bits per heavy atom. The molecule has 1 aliphatic rings. The molecule has 0 aromatic heterocycles. The van der Waals surface area contributed by atoms with E-state index in [1.807, 2.05) is 0 Å². The van der Waals surface area contributed by atoms with E-state index in [4.69, 9.17) is 4.42 Å². The number of carbonyl (C=O) groups is 1. The van der Waals surface area contributed by atoms with Crippen molar-refractivity contribution in [3.05, 3.63) is 23.8 Å². The molecule has 1 aliphatic heterocycles. The van der Waals surface area contributed by atoms with Crippen LogP contribution in [0.3, 0.4) is 0 Å². The highest BCUT2D eigenvalue weighted by atomic mass is 16.5. The lowest BCUT2D eigenvalue weighted by Gasteiger charge is -2.01. The second kappa shape index (κ2) is 3.73. The number of ether oxygens (including phenoxy) is 1. The van der Waals surface area contributed by atoms with Crippen LogP contribution in [0, 0.1) is 0 Å². The van der Waals surface area contributed by atoms with Gasteiger partial charge >= 0.3 is 18.0 Å². The second-order valence-electron chi connectivity index (χ2n) is 3.36. The molecule has 1 aromatic rings. The number of phenols is 1. The van der Waals surface area contributed by atoms with Crippen molar-refractivity contribution in [2.75, 3.05) is 7.11 Å². The van der Waals surface area contributed by atoms with E-state index in [1.165, 1.54) is 13.2 Å². The predicted octanol–water partition coefficient (Wildman–Crippen LogP) is 1.50. The van der Waals surface area contributed by atoms with Gasteiger partial charge in [-0.1, -0.05) is 0 Å². The maximum Gasteiger partial charge on any atom is 0.359 e. The minimum atomic E-state index is -0.277. The Kier molecular flexibility index (Phi) is 2.41. The average molecular weight is 207 g/mol. The van der Waals surface area contributed by atoms with Crippen molar-refractivity contribution in [3.8, 4) is 11.5 Å². The Morgan fingerprint density at radius 3 is 3.13 bits per heavy atom. The zero-order chi connectivity index (χ0) is 10.8. The zero-order valence-corrected chi connectivity index (χ0v) is 8.27. The molecule has 1 atom stereocenters. The van der Waals surface area contributed by atoms with Gasteiger partial charge in [0.15, 0.2) is 0 Å². The van der Waals surface area contributed by atoms with Crippen LogP contribution >= 0.6 is 0 Å². The highest BCUT2D eigenvalue weighted by Gasteiger charge is 2.32. The molecule has 0 saturated carbocycles. The fraction of sp³-hybridized carbons (Fsp3) is 0.273. The summed E-state index contributed by atoms with van der Waals surface area (Å²) < 4.78 is 9.83. The summed E-state index contributed by atoms with van der Waals surface area (Å²) in [5.74, 6) is 0.388. The first-order chi connectivity index (χ1) is 7.20. The molecule has 78 valence electrons. The quantitative estimate of drug-likeness (QED) is 0.454. The van der Waals surface area contributed by atoms with Crippen LogP contribution in [0.5, 0.6) is 11.5 Å². The lowest BCUT2D eigenvalue weighted by Crippen LogP contribution is -2.07. The molecule has 0 amide bonds. The van der Waals surface area contributed by atoms with Crippen LogP contribution < -0.4 is 0 Å². The summed E-state index contributed by atoms with van der Waals surface area (Å²) in [6.07, 6.45) is 1.84. The van der Waals surface area contributed by atoms with Crippen molar-refractivity contribution < 1.29 is 19.1 Å². The van der Waals surface area contributed by atoms with E-state index in [-0.39, 0.29) is 24.1 Å². The first-order valence-electron chi connectivity index (χ1n) is 4.60. The fourth-order valence-electron chi connectivity index (χ4n) is 1.58. The van der Waals surface area contributed by atoms with E-state index in [1.54, 1.807) is 18.4 Å². The van der Waals surface area contributed by atoms with Crippen LogP contribution in [0.1, 0.15) is 17.9 Å². The van der Waals surface area contributed by atoms with Gasteiger partial charge in [0, 0.05) is 0 Å². The highest BCUT2D eigenvalue weighted by Crippen LogP contribution is 2.35. The normalized spacial score (nSPS) is 17.5. The van der Waals surface area contributed by atoms with Gasteiger partial charge in [0.25, 0.3) is 0 Å². The highest BCUT2D eigenvalue weighted by molar-refractivity contribution is 5.79.